The second-order valence-electron chi connectivity index (χ2n) is 5.15. The highest BCUT2D eigenvalue weighted by atomic mass is 35.5. The second-order valence-corrected chi connectivity index (χ2v) is 5.96. The Labute approximate surface area is 160 Å². The molecule has 2 aromatic rings. The number of benzene rings is 2. The maximum Gasteiger partial charge on any atom is 0.250 e. The maximum atomic E-state index is 12.2. The van der Waals surface area contributed by atoms with E-state index in [9.17, 15) is 9.59 Å². The van der Waals surface area contributed by atoms with Crippen molar-refractivity contribution in [3.05, 3.63) is 45.9 Å². The van der Waals surface area contributed by atoms with Crippen molar-refractivity contribution in [3.8, 4) is 11.5 Å². The first-order chi connectivity index (χ1) is 12.3. The van der Waals surface area contributed by atoms with Crippen LogP contribution in [-0.2, 0) is 4.79 Å². The molecule has 0 unspecified atom stereocenters. The van der Waals surface area contributed by atoms with Gasteiger partial charge in [0.25, 0.3) is 0 Å². The number of methoxy groups -OCH3 is 2. The van der Waals surface area contributed by atoms with Gasteiger partial charge < -0.3 is 25.8 Å². The van der Waals surface area contributed by atoms with E-state index in [0.29, 0.717) is 27.9 Å². The van der Waals surface area contributed by atoms with Gasteiger partial charge in [-0.25, -0.2) is 0 Å². The van der Waals surface area contributed by atoms with Gasteiger partial charge in [-0.1, -0.05) is 23.2 Å². The standard InChI is InChI=1S/C17H17Cl2N3O4/c1-25-14-7-15(26-2)13(6-12(14)19)22-16(23)8-21-9-3-4-10(17(20)24)11(18)5-9/h3-7,21H,8H2,1-2H3,(H2,20,24)(H,22,23). The Balaban J connectivity index is 2.04. The van der Waals surface area contributed by atoms with Crippen LogP contribution in [0.4, 0.5) is 11.4 Å². The molecule has 0 radical (unpaired) electrons. The normalized spacial score (nSPS) is 10.2. The Kier molecular flexibility index (Phi) is 6.54. The van der Waals surface area contributed by atoms with Crippen molar-refractivity contribution in [1.29, 1.82) is 0 Å². The molecule has 0 fully saturated rings. The van der Waals surface area contributed by atoms with E-state index in [-0.39, 0.29) is 23.0 Å². The average molecular weight is 398 g/mol. The Morgan fingerprint density at radius 1 is 1.04 bits per heavy atom. The molecule has 7 nitrogen and oxygen atoms in total. The van der Waals surface area contributed by atoms with Gasteiger partial charge in [0.15, 0.2) is 0 Å². The van der Waals surface area contributed by atoms with Crippen LogP contribution >= 0.6 is 23.2 Å². The van der Waals surface area contributed by atoms with Crippen LogP contribution in [0.1, 0.15) is 10.4 Å². The van der Waals surface area contributed by atoms with Gasteiger partial charge in [0.1, 0.15) is 11.5 Å². The minimum absolute atomic E-state index is 0.0426. The topological polar surface area (TPSA) is 103 Å². The summed E-state index contributed by atoms with van der Waals surface area (Å²) in [6, 6.07) is 7.71. The molecule has 138 valence electrons. The predicted molar refractivity (Wildman–Crippen MR) is 102 cm³/mol. The second kappa shape index (κ2) is 8.64. The Morgan fingerprint density at radius 2 is 1.73 bits per heavy atom. The highest BCUT2D eigenvalue weighted by Crippen LogP contribution is 2.35. The summed E-state index contributed by atoms with van der Waals surface area (Å²) in [7, 11) is 2.95. The number of rotatable bonds is 7. The molecule has 2 aromatic carbocycles. The van der Waals surface area contributed by atoms with E-state index in [2.05, 4.69) is 10.6 Å². The molecular weight excluding hydrogens is 381 g/mol. The van der Waals surface area contributed by atoms with Gasteiger partial charge in [-0.15, -0.1) is 0 Å². The summed E-state index contributed by atoms with van der Waals surface area (Å²) >= 11 is 12.0. The Bertz CT molecular complexity index is 843. The molecule has 2 amide bonds. The largest absolute Gasteiger partial charge is 0.495 e. The number of anilines is 2. The quantitative estimate of drug-likeness (QED) is 0.665. The van der Waals surface area contributed by atoms with E-state index in [4.69, 9.17) is 38.4 Å². The van der Waals surface area contributed by atoms with Crippen molar-refractivity contribution in [2.24, 2.45) is 5.73 Å². The number of carbonyl (C=O) groups excluding carboxylic acids is 2. The lowest BCUT2D eigenvalue weighted by atomic mass is 10.2. The monoisotopic (exact) mass is 397 g/mol. The van der Waals surface area contributed by atoms with Crippen LogP contribution in [0, 0.1) is 0 Å². The van der Waals surface area contributed by atoms with Crippen LogP contribution in [-0.4, -0.2) is 32.6 Å². The molecule has 0 saturated carbocycles. The fraction of sp³-hybridized carbons (Fsp3) is 0.176. The summed E-state index contributed by atoms with van der Waals surface area (Å²) in [4.78, 5) is 23.3. The number of nitrogens with one attached hydrogen (secondary N) is 2. The first kappa shape index (κ1) is 19.7. The van der Waals surface area contributed by atoms with Crippen LogP contribution in [0.5, 0.6) is 11.5 Å². The van der Waals surface area contributed by atoms with Crippen molar-refractivity contribution < 1.29 is 19.1 Å². The summed E-state index contributed by atoms with van der Waals surface area (Å²) in [5.74, 6) is -0.111. The molecule has 0 heterocycles. The van der Waals surface area contributed by atoms with E-state index < -0.39 is 5.91 Å². The number of carbonyl (C=O) groups is 2. The molecule has 0 aliphatic heterocycles. The van der Waals surface area contributed by atoms with Gasteiger partial charge in [-0.2, -0.15) is 0 Å². The fourth-order valence-electron chi connectivity index (χ4n) is 2.16. The summed E-state index contributed by atoms with van der Waals surface area (Å²) in [5.41, 5.74) is 6.38. The lowest BCUT2D eigenvalue weighted by Crippen LogP contribution is -2.22. The van der Waals surface area contributed by atoms with Gasteiger partial charge in [0.2, 0.25) is 11.8 Å². The molecular formula is C17H17Cl2N3O4. The molecule has 4 N–H and O–H groups in total. The van der Waals surface area contributed by atoms with E-state index >= 15 is 0 Å². The molecule has 26 heavy (non-hydrogen) atoms. The molecule has 2 rings (SSSR count). The van der Waals surface area contributed by atoms with Crippen molar-refractivity contribution in [3.63, 3.8) is 0 Å². The minimum Gasteiger partial charge on any atom is -0.495 e. The third-order valence-corrected chi connectivity index (χ3v) is 4.04. The molecule has 0 bridgehead atoms. The van der Waals surface area contributed by atoms with Crippen molar-refractivity contribution in [2.45, 2.75) is 0 Å². The molecule has 0 saturated heterocycles. The van der Waals surface area contributed by atoms with Crippen molar-refractivity contribution >= 4 is 46.4 Å². The average Bonchev–Trinajstić information content (AvgIpc) is 2.60. The van der Waals surface area contributed by atoms with E-state index in [0.717, 1.165) is 0 Å². The molecule has 0 aliphatic carbocycles. The highest BCUT2D eigenvalue weighted by molar-refractivity contribution is 6.34. The molecule has 0 atom stereocenters. The first-order valence-electron chi connectivity index (χ1n) is 7.40. The van der Waals surface area contributed by atoms with E-state index in [1.165, 1.54) is 32.4 Å². The van der Waals surface area contributed by atoms with Crippen molar-refractivity contribution in [1.82, 2.24) is 0 Å². The minimum atomic E-state index is -0.622. The van der Waals surface area contributed by atoms with Crippen LogP contribution in [0.15, 0.2) is 30.3 Å². The molecule has 9 heteroatoms. The number of hydrogen-bond donors (Lipinski definition) is 3. The zero-order valence-electron chi connectivity index (χ0n) is 14.1. The van der Waals surface area contributed by atoms with Crippen molar-refractivity contribution in [2.75, 3.05) is 31.4 Å². The maximum absolute atomic E-state index is 12.2. The van der Waals surface area contributed by atoms with Crippen LogP contribution in [0.3, 0.4) is 0 Å². The zero-order valence-corrected chi connectivity index (χ0v) is 15.6. The molecule has 0 spiro atoms. The van der Waals surface area contributed by atoms with Crippen LogP contribution in [0.2, 0.25) is 10.0 Å². The van der Waals surface area contributed by atoms with Gasteiger partial charge in [-0.3, -0.25) is 9.59 Å². The number of amides is 2. The lowest BCUT2D eigenvalue weighted by molar-refractivity contribution is -0.114. The zero-order chi connectivity index (χ0) is 19.3. The number of hydrogen-bond acceptors (Lipinski definition) is 5. The summed E-state index contributed by atoms with van der Waals surface area (Å²) in [5, 5.41) is 6.13. The van der Waals surface area contributed by atoms with Gasteiger partial charge in [0, 0.05) is 11.8 Å². The number of ether oxygens (including phenoxy) is 2. The van der Waals surface area contributed by atoms with Crippen LogP contribution in [0.25, 0.3) is 0 Å². The van der Waals surface area contributed by atoms with Gasteiger partial charge in [-0.05, 0) is 24.3 Å². The van der Waals surface area contributed by atoms with Gasteiger partial charge in [0.05, 0.1) is 42.1 Å². The highest BCUT2D eigenvalue weighted by Gasteiger charge is 2.13. The Hall–Kier alpha value is -2.64. The van der Waals surface area contributed by atoms with E-state index in [1.54, 1.807) is 12.1 Å². The summed E-state index contributed by atoms with van der Waals surface area (Å²) in [6.45, 7) is -0.0426. The lowest BCUT2D eigenvalue weighted by Gasteiger charge is -2.14. The van der Waals surface area contributed by atoms with Gasteiger partial charge >= 0.3 is 0 Å². The number of nitrogens with two attached hydrogens (primary N) is 1. The number of halogens is 2. The smallest absolute Gasteiger partial charge is 0.250 e. The van der Waals surface area contributed by atoms with E-state index in [1.807, 2.05) is 0 Å². The van der Waals surface area contributed by atoms with Crippen LogP contribution < -0.4 is 25.8 Å². The summed E-state index contributed by atoms with van der Waals surface area (Å²) in [6.07, 6.45) is 0. The Morgan fingerprint density at radius 3 is 2.31 bits per heavy atom. The molecule has 0 aliphatic rings. The fourth-order valence-corrected chi connectivity index (χ4v) is 2.67. The number of primary amides is 1. The molecule has 0 aromatic heterocycles. The summed E-state index contributed by atoms with van der Waals surface area (Å²) < 4.78 is 10.3. The third kappa shape index (κ3) is 4.71. The first-order valence-corrected chi connectivity index (χ1v) is 8.16. The SMILES string of the molecule is COc1cc(OC)c(NC(=O)CNc2ccc(C(N)=O)c(Cl)c2)cc1Cl. The third-order valence-electron chi connectivity index (χ3n) is 3.44. The predicted octanol–water partition coefficient (Wildman–Crippen LogP) is 3.16.